The Kier molecular flexibility index (Phi) is 5.94. The molecule has 1 aromatic heterocycles. The number of aromatic nitrogens is 1. The second-order valence-electron chi connectivity index (χ2n) is 8.50. The number of hydrogen-bond acceptors (Lipinski definition) is 4. The second-order valence-corrected chi connectivity index (χ2v) is 8.94. The molecule has 0 atom stereocenters. The first-order valence-corrected chi connectivity index (χ1v) is 10.9. The van der Waals surface area contributed by atoms with Crippen molar-refractivity contribution in [3.63, 3.8) is 0 Å². The molecule has 3 aromatic carbocycles. The van der Waals surface area contributed by atoms with E-state index in [0.717, 1.165) is 16.7 Å². The lowest BCUT2D eigenvalue weighted by atomic mass is 10.0. The fraction of sp³-hybridized carbons (Fsp3) is 0.231. The number of carbonyl (C=O) groups excluding carboxylic acids is 1. The Labute approximate surface area is 192 Å². The zero-order valence-corrected chi connectivity index (χ0v) is 19.2. The highest BCUT2D eigenvalue weighted by atomic mass is 35.5. The lowest BCUT2D eigenvalue weighted by Gasteiger charge is -2.25. The van der Waals surface area contributed by atoms with Gasteiger partial charge < -0.3 is 14.5 Å². The molecule has 0 unspecified atom stereocenters. The molecule has 0 bridgehead atoms. The fourth-order valence-corrected chi connectivity index (χ4v) is 3.41. The van der Waals surface area contributed by atoms with Gasteiger partial charge in [-0.1, -0.05) is 37.6 Å². The van der Waals surface area contributed by atoms with Crippen molar-refractivity contribution in [2.24, 2.45) is 0 Å². The quantitative estimate of drug-likeness (QED) is 0.342. The van der Waals surface area contributed by atoms with Crippen LogP contribution in [0.15, 0.2) is 71.1 Å². The third-order valence-electron chi connectivity index (χ3n) is 5.18. The van der Waals surface area contributed by atoms with Gasteiger partial charge in [-0.15, -0.1) is 0 Å². The van der Waals surface area contributed by atoms with E-state index in [1.54, 1.807) is 38.1 Å². The molecule has 4 rings (SSSR count). The van der Waals surface area contributed by atoms with Gasteiger partial charge in [0.1, 0.15) is 11.3 Å². The summed E-state index contributed by atoms with van der Waals surface area (Å²) in [6, 6.07) is 20.4. The number of fused-ring (bicyclic) bond motifs is 1. The number of nitrogens with zero attached hydrogens (tertiary/aromatic N) is 1. The van der Waals surface area contributed by atoms with Crippen LogP contribution in [0.2, 0.25) is 5.02 Å². The lowest BCUT2D eigenvalue weighted by molar-refractivity contribution is -0.128. The molecule has 6 heteroatoms. The summed E-state index contributed by atoms with van der Waals surface area (Å²) in [5.74, 6) is 1.21. The van der Waals surface area contributed by atoms with Gasteiger partial charge in [-0.25, -0.2) is 4.98 Å². The summed E-state index contributed by atoms with van der Waals surface area (Å²) in [4.78, 5) is 17.5. The van der Waals surface area contributed by atoms with E-state index in [-0.39, 0.29) is 5.91 Å². The van der Waals surface area contributed by atoms with Crippen molar-refractivity contribution < 1.29 is 13.9 Å². The molecule has 0 aliphatic heterocycles. The lowest BCUT2D eigenvalue weighted by Crippen LogP contribution is -2.42. The average molecular weight is 449 g/mol. The zero-order valence-electron chi connectivity index (χ0n) is 18.5. The minimum Gasteiger partial charge on any atom is -0.478 e. The summed E-state index contributed by atoms with van der Waals surface area (Å²) < 4.78 is 11.8. The second kappa shape index (κ2) is 8.67. The molecule has 5 nitrogen and oxygen atoms in total. The molecule has 1 heterocycles. The molecule has 1 amide bonds. The number of oxazole rings is 1. The highest BCUT2D eigenvalue weighted by Gasteiger charge is 2.30. The smallest absolute Gasteiger partial charge is 0.267 e. The number of carbonyl (C=O) groups is 1. The zero-order chi connectivity index (χ0) is 22.9. The van der Waals surface area contributed by atoms with E-state index in [0.29, 0.717) is 28.3 Å². The van der Waals surface area contributed by atoms with Crippen LogP contribution in [0.5, 0.6) is 5.75 Å². The van der Waals surface area contributed by atoms with Gasteiger partial charge in [0.05, 0.1) is 0 Å². The van der Waals surface area contributed by atoms with Gasteiger partial charge in [-0.2, -0.15) is 0 Å². The van der Waals surface area contributed by atoms with E-state index in [1.165, 1.54) is 5.56 Å². The van der Waals surface area contributed by atoms with Crippen molar-refractivity contribution in [2.45, 2.75) is 39.2 Å². The van der Waals surface area contributed by atoms with Crippen LogP contribution in [0.4, 0.5) is 5.69 Å². The monoisotopic (exact) mass is 448 g/mol. The molecular weight excluding hydrogens is 424 g/mol. The normalized spacial score (nSPS) is 11.7. The molecule has 0 saturated heterocycles. The largest absolute Gasteiger partial charge is 0.478 e. The third-order valence-corrected chi connectivity index (χ3v) is 5.43. The Morgan fingerprint density at radius 2 is 1.81 bits per heavy atom. The maximum Gasteiger partial charge on any atom is 0.267 e. The topological polar surface area (TPSA) is 64.4 Å². The molecule has 0 spiro atoms. The van der Waals surface area contributed by atoms with E-state index < -0.39 is 5.60 Å². The van der Waals surface area contributed by atoms with E-state index >= 15 is 0 Å². The molecule has 0 saturated carbocycles. The van der Waals surface area contributed by atoms with Crippen molar-refractivity contribution >= 4 is 34.3 Å². The van der Waals surface area contributed by atoms with Gasteiger partial charge >= 0.3 is 0 Å². The molecular formula is C26H25ClN2O3. The number of benzene rings is 3. The number of nitrogens with one attached hydrogen (secondary N) is 1. The summed E-state index contributed by atoms with van der Waals surface area (Å²) in [7, 11) is 0. The minimum atomic E-state index is -1.09. The minimum absolute atomic E-state index is 0.274. The van der Waals surface area contributed by atoms with E-state index in [2.05, 4.69) is 36.3 Å². The van der Waals surface area contributed by atoms with Gasteiger partial charge in [-0.3, -0.25) is 4.79 Å². The van der Waals surface area contributed by atoms with Crippen molar-refractivity contribution in [2.75, 3.05) is 5.32 Å². The van der Waals surface area contributed by atoms with E-state index in [9.17, 15) is 4.79 Å². The average Bonchev–Trinajstić information content (AvgIpc) is 3.19. The molecule has 0 aliphatic carbocycles. The first kappa shape index (κ1) is 21.9. The third kappa shape index (κ3) is 4.78. The number of amides is 1. The Bertz CT molecular complexity index is 1260. The maximum absolute atomic E-state index is 12.9. The van der Waals surface area contributed by atoms with Crippen molar-refractivity contribution in [3.05, 3.63) is 77.3 Å². The first-order valence-electron chi connectivity index (χ1n) is 10.5. The van der Waals surface area contributed by atoms with Gasteiger partial charge in [0, 0.05) is 16.3 Å². The number of ether oxygens (including phenoxy) is 1. The van der Waals surface area contributed by atoms with Crippen LogP contribution in [0.25, 0.3) is 22.6 Å². The van der Waals surface area contributed by atoms with Crippen LogP contribution < -0.4 is 10.1 Å². The summed E-state index contributed by atoms with van der Waals surface area (Å²) in [5, 5.41) is 3.53. The van der Waals surface area contributed by atoms with Gasteiger partial charge in [0.2, 0.25) is 5.89 Å². The summed E-state index contributed by atoms with van der Waals surface area (Å²) in [6.45, 7) is 7.72. The Hall–Kier alpha value is -3.31. The number of rotatable bonds is 6. The SMILES string of the molecule is CC(C)c1ccc2oc(-c3cccc(NC(=O)C(C)(C)Oc4ccc(Cl)cc4)c3)nc2c1. The molecule has 0 radical (unpaired) electrons. The highest BCUT2D eigenvalue weighted by molar-refractivity contribution is 6.30. The first-order chi connectivity index (χ1) is 15.2. The van der Waals surface area contributed by atoms with Gasteiger partial charge in [-0.05, 0) is 79.9 Å². The van der Waals surface area contributed by atoms with Crippen LogP contribution >= 0.6 is 11.6 Å². The van der Waals surface area contributed by atoms with Gasteiger partial charge in [0.15, 0.2) is 11.2 Å². The number of halogens is 1. The molecule has 1 N–H and O–H groups in total. The van der Waals surface area contributed by atoms with Crippen LogP contribution in [-0.2, 0) is 4.79 Å². The van der Waals surface area contributed by atoms with Crippen LogP contribution in [0.1, 0.15) is 39.2 Å². The molecule has 4 aromatic rings. The molecule has 164 valence electrons. The molecule has 0 aliphatic rings. The maximum atomic E-state index is 12.9. The van der Waals surface area contributed by atoms with Crippen LogP contribution in [0.3, 0.4) is 0 Å². The highest BCUT2D eigenvalue weighted by Crippen LogP contribution is 2.29. The summed E-state index contributed by atoms with van der Waals surface area (Å²) in [6.07, 6.45) is 0. The van der Waals surface area contributed by atoms with Crippen LogP contribution in [-0.4, -0.2) is 16.5 Å². The van der Waals surface area contributed by atoms with Crippen LogP contribution in [0, 0.1) is 0 Å². The Morgan fingerprint density at radius 1 is 1.06 bits per heavy atom. The van der Waals surface area contributed by atoms with Crippen molar-refractivity contribution in [1.82, 2.24) is 4.98 Å². The van der Waals surface area contributed by atoms with Gasteiger partial charge in [0.25, 0.3) is 5.91 Å². The Morgan fingerprint density at radius 3 is 2.53 bits per heavy atom. The van der Waals surface area contributed by atoms with E-state index in [4.69, 9.17) is 20.8 Å². The van der Waals surface area contributed by atoms with E-state index in [1.807, 2.05) is 30.3 Å². The van der Waals surface area contributed by atoms with Crippen molar-refractivity contribution in [1.29, 1.82) is 0 Å². The number of hydrogen-bond donors (Lipinski definition) is 1. The predicted octanol–water partition coefficient (Wildman–Crippen LogP) is 7.07. The summed E-state index contributed by atoms with van der Waals surface area (Å²) in [5.41, 5.74) is 3.08. The predicted molar refractivity (Wildman–Crippen MR) is 128 cm³/mol. The molecule has 32 heavy (non-hydrogen) atoms. The number of anilines is 1. The van der Waals surface area contributed by atoms with Crippen molar-refractivity contribution in [3.8, 4) is 17.2 Å². The summed E-state index contributed by atoms with van der Waals surface area (Å²) >= 11 is 5.92. The Balaban J connectivity index is 1.53. The molecule has 0 fully saturated rings. The fourth-order valence-electron chi connectivity index (χ4n) is 3.28. The standard InChI is InChI=1S/C26H25ClN2O3/c1-16(2)17-8-13-23-22(15-17)29-24(31-23)18-6-5-7-20(14-18)28-25(30)26(3,4)32-21-11-9-19(27)10-12-21/h5-16H,1-4H3,(H,28,30).